The molecule has 0 saturated heterocycles. The molecule has 0 fully saturated rings. The Morgan fingerprint density at radius 1 is 0.950 bits per heavy atom. The number of rotatable bonds is 4. The second-order valence-corrected chi connectivity index (χ2v) is 5.57. The number of nitrogens with zero attached hydrogens (tertiary/aromatic N) is 1. The van der Waals surface area contributed by atoms with Crippen molar-refractivity contribution in [2.24, 2.45) is 0 Å². The third kappa shape index (κ3) is 2.40. The maximum Gasteiger partial charge on any atom is 0.0712 e. The first-order valence-electron chi connectivity index (χ1n) is 7.57. The smallest absolute Gasteiger partial charge is 0.0712 e. The van der Waals surface area contributed by atoms with Crippen molar-refractivity contribution in [1.29, 1.82) is 0 Å². The Hall–Kier alpha value is -1.89. The molecule has 20 heavy (non-hydrogen) atoms. The molecule has 0 radical (unpaired) electrons. The van der Waals surface area contributed by atoms with Gasteiger partial charge in [-0.15, -0.1) is 0 Å². The highest BCUT2D eigenvalue weighted by atomic mass is 14.7. The minimum absolute atomic E-state index is 1.09. The maximum absolute atomic E-state index is 4.81. The van der Waals surface area contributed by atoms with Gasteiger partial charge in [-0.05, 0) is 49.1 Å². The molecule has 0 unspecified atom stereocenters. The van der Waals surface area contributed by atoms with Crippen molar-refractivity contribution in [1.82, 2.24) is 4.98 Å². The zero-order chi connectivity index (χ0) is 13.9. The molecule has 2 aromatic carbocycles. The molecule has 3 aromatic rings. The number of aromatic nitrogens is 1. The summed E-state index contributed by atoms with van der Waals surface area (Å²) >= 11 is 0. The lowest BCUT2D eigenvalue weighted by molar-refractivity contribution is 0.718. The molecular formula is C19H21N. The van der Waals surface area contributed by atoms with Gasteiger partial charge in [0.15, 0.2) is 0 Å². The van der Waals surface area contributed by atoms with Gasteiger partial charge >= 0.3 is 0 Å². The van der Waals surface area contributed by atoms with E-state index in [1.54, 1.807) is 0 Å². The van der Waals surface area contributed by atoms with Crippen LogP contribution in [0.15, 0.2) is 42.5 Å². The maximum atomic E-state index is 4.81. The molecule has 0 N–H and O–H groups in total. The summed E-state index contributed by atoms with van der Waals surface area (Å²) in [5, 5.41) is 2.57. The highest BCUT2D eigenvalue weighted by Crippen LogP contribution is 2.26. The number of aryl methyl sites for hydroxylation is 2. The summed E-state index contributed by atoms with van der Waals surface area (Å²) in [7, 11) is 0. The van der Waals surface area contributed by atoms with Crippen LogP contribution in [0.2, 0.25) is 0 Å². The summed E-state index contributed by atoms with van der Waals surface area (Å²) in [6.07, 6.45) is 5.00. The van der Waals surface area contributed by atoms with Crippen molar-refractivity contribution in [2.45, 2.75) is 39.5 Å². The van der Waals surface area contributed by atoms with Crippen LogP contribution in [0.25, 0.3) is 21.8 Å². The first kappa shape index (κ1) is 13.1. The van der Waals surface area contributed by atoms with Crippen LogP contribution in [0.1, 0.15) is 37.3 Å². The van der Waals surface area contributed by atoms with E-state index in [9.17, 15) is 0 Å². The van der Waals surface area contributed by atoms with Crippen LogP contribution in [-0.4, -0.2) is 4.98 Å². The van der Waals surface area contributed by atoms with Gasteiger partial charge < -0.3 is 0 Å². The molecule has 0 spiro atoms. The molecule has 3 rings (SSSR count). The number of benzene rings is 2. The van der Waals surface area contributed by atoms with Crippen molar-refractivity contribution in [3.63, 3.8) is 0 Å². The molecule has 0 atom stereocenters. The molecule has 0 amide bonds. The molecule has 0 aliphatic rings. The molecule has 0 aliphatic carbocycles. The van der Waals surface area contributed by atoms with E-state index in [2.05, 4.69) is 56.3 Å². The fourth-order valence-electron chi connectivity index (χ4n) is 2.90. The quantitative estimate of drug-likeness (QED) is 0.452. The second-order valence-electron chi connectivity index (χ2n) is 5.57. The second kappa shape index (κ2) is 5.62. The summed E-state index contributed by atoms with van der Waals surface area (Å²) in [6.45, 7) is 4.47. The highest BCUT2D eigenvalue weighted by Gasteiger charge is 2.07. The molecule has 1 heteroatoms. The zero-order valence-electron chi connectivity index (χ0n) is 12.3. The number of para-hydroxylation sites is 1. The van der Waals surface area contributed by atoms with Gasteiger partial charge in [0.1, 0.15) is 0 Å². The average Bonchev–Trinajstić information content (AvgIpc) is 2.48. The SMILES string of the molecule is CCCCCc1c(C)ccc2nc3ccccc3cc12. The average molecular weight is 263 g/mol. The Labute approximate surface area is 120 Å². The predicted octanol–water partition coefficient (Wildman–Crippen LogP) is 5.43. The van der Waals surface area contributed by atoms with Crippen LogP contribution in [0.3, 0.4) is 0 Å². The molecule has 0 bridgehead atoms. The van der Waals surface area contributed by atoms with Crippen LogP contribution in [0.4, 0.5) is 0 Å². The lowest BCUT2D eigenvalue weighted by atomic mass is 9.96. The molecule has 0 saturated carbocycles. The Bertz CT molecular complexity index is 743. The minimum atomic E-state index is 1.09. The Morgan fingerprint density at radius 2 is 1.80 bits per heavy atom. The van der Waals surface area contributed by atoms with Crippen molar-refractivity contribution in [2.75, 3.05) is 0 Å². The van der Waals surface area contributed by atoms with Crippen LogP contribution in [0.5, 0.6) is 0 Å². The van der Waals surface area contributed by atoms with Gasteiger partial charge in [-0.25, -0.2) is 4.98 Å². The third-order valence-corrected chi connectivity index (χ3v) is 4.08. The number of pyridine rings is 1. The van der Waals surface area contributed by atoms with E-state index in [-0.39, 0.29) is 0 Å². The standard InChI is InChI=1S/C19H21N/c1-3-4-5-9-16-14(2)11-12-19-17(16)13-15-8-6-7-10-18(15)20-19/h6-8,10-13H,3-5,9H2,1-2H3. The van der Waals surface area contributed by atoms with Crippen molar-refractivity contribution in [3.05, 3.63) is 53.6 Å². The molecular weight excluding hydrogens is 242 g/mol. The van der Waals surface area contributed by atoms with Gasteiger partial charge in [0.05, 0.1) is 11.0 Å². The summed E-state index contributed by atoms with van der Waals surface area (Å²) < 4.78 is 0. The van der Waals surface area contributed by atoms with Gasteiger partial charge in [0.25, 0.3) is 0 Å². The van der Waals surface area contributed by atoms with E-state index < -0.39 is 0 Å². The third-order valence-electron chi connectivity index (χ3n) is 4.08. The van der Waals surface area contributed by atoms with Gasteiger partial charge in [-0.3, -0.25) is 0 Å². The van der Waals surface area contributed by atoms with Crippen LogP contribution >= 0.6 is 0 Å². The summed E-state index contributed by atoms with van der Waals surface area (Å²) in [6, 6.07) is 15.1. The number of hydrogen-bond acceptors (Lipinski definition) is 1. The number of fused-ring (bicyclic) bond motifs is 2. The van der Waals surface area contributed by atoms with Gasteiger partial charge in [-0.2, -0.15) is 0 Å². The summed E-state index contributed by atoms with van der Waals surface area (Å²) in [5.74, 6) is 0. The topological polar surface area (TPSA) is 12.9 Å². The number of hydrogen-bond donors (Lipinski definition) is 0. The Balaban J connectivity index is 2.16. The van der Waals surface area contributed by atoms with E-state index >= 15 is 0 Å². The molecule has 1 heterocycles. The minimum Gasteiger partial charge on any atom is -0.248 e. The summed E-state index contributed by atoms with van der Waals surface area (Å²) in [4.78, 5) is 4.81. The predicted molar refractivity (Wildman–Crippen MR) is 87.2 cm³/mol. The van der Waals surface area contributed by atoms with Crippen LogP contribution in [0, 0.1) is 6.92 Å². The van der Waals surface area contributed by atoms with Crippen LogP contribution < -0.4 is 0 Å². The van der Waals surface area contributed by atoms with Crippen LogP contribution in [-0.2, 0) is 6.42 Å². The molecule has 102 valence electrons. The van der Waals surface area contributed by atoms with Gasteiger partial charge in [-0.1, -0.05) is 44.0 Å². The Kier molecular flexibility index (Phi) is 3.68. The first-order chi connectivity index (χ1) is 9.79. The summed E-state index contributed by atoms with van der Waals surface area (Å²) in [5.41, 5.74) is 5.09. The zero-order valence-corrected chi connectivity index (χ0v) is 12.3. The first-order valence-corrected chi connectivity index (χ1v) is 7.57. The fraction of sp³-hybridized carbons (Fsp3) is 0.316. The Morgan fingerprint density at radius 3 is 2.65 bits per heavy atom. The number of unbranched alkanes of at least 4 members (excludes halogenated alkanes) is 2. The van der Waals surface area contributed by atoms with E-state index in [1.807, 2.05) is 0 Å². The van der Waals surface area contributed by atoms with Crippen molar-refractivity contribution >= 4 is 21.8 Å². The van der Waals surface area contributed by atoms with Gasteiger partial charge in [0, 0.05) is 10.8 Å². The van der Waals surface area contributed by atoms with Gasteiger partial charge in [0.2, 0.25) is 0 Å². The van der Waals surface area contributed by atoms with Crippen molar-refractivity contribution in [3.8, 4) is 0 Å². The lowest BCUT2D eigenvalue weighted by Gasteiger charge is -2.11. The molecule has 0 aliphatic heterocycles. The van der Waals surface area contributed by atoms with E-state index in [1.165, 1.54) is 41.2 Å². The highest BCUT2D eigenvalue weighted by molar-refractivity contribution is 5.94. The lowest BCUT2D eigenvalue weighted by Crippen LogP contribution is -1.94. The largest absolute Gasteiger partial charge is 0.248 e. The van der Waals surface area contributed by atoms with E-state index in [4.69, 9.17) is 4.98 Å². The molecule has 1 aromatic heterocycles. The molecule has 1 nitrogen and oxygen atoms in total. The van der Waals surface area contributed by atoms with E-state index in [0.717, 1.165) is 17.5 Å². The normalized spacial score (nSPS) is 11.3. The monoisotopic (exact) mass is 263 g/mol. The van der Waals surface area contributed by atoms with Crippen molar-refractivity contribution < 1.29 is 0 Å². The van der Waals surface area contributed by atoms with E-state index in [0.29, 0.717) is 0 Å². The fourth-order valence-corrected chi connectivity index (χ4v) is 2.90.